The number of rotatable bonds is 2. The van der Waals surface area contributed by atoms with Crippen LogP contribution in [0.2, 0.25) is 0 Å². The Morgan fingerprint density at radius 2 is 2.13 bits per heavy atom. The summed E-state index contributed by atoms with van der Waals surface area (Å²) in [4.78, 5) is 11.3. The largest absolute Gasteiger partial charge is 0.452 e. The fourth-order valence-electron chi connectivity index (χ4n) is 2.45. The molecule has 0 bridgehead atoms. The van der Waals surface area contributed by atoms with E-state index in [0.29, 0.717) is 10.4 Å². The number of nitrogens with two attached hydrogens (primary N) is 1. The Morgan fingerprint density at radius 3 is 2.65 bits per heavy atom. The quantitative estimate of drug-likeness (QED) is 0.718. The fraction of sp³-hybridized carbons (Fsp3) is 0.333. The monoisotopic (exact) mass is 456 g/mol. The van der Waals surface area contributed by atoms with E-state index in [1.165, 1.54) is 0 Å². The van der Waals surface area contributed by atoms with Crippen molar-refractivity contribution in [2.75, 3.05) is 5.32 Å². The van der Waals surface area contributed by atoms with Crippen LogP contribution in [0.3, 0.4) is 0 Å². The maximum absolute atomic E-state index is 13.4. The van der Waals surface area contributed by atoms with Gasteiger partial charge in [0.15, 0.2) is 16.4 Å². The Morgan fingerprint density at radius 1 is 1.43 bits per heavy atom. The Bertz CT molecular complexity index is 771. The highest BCUT2D eigenvalue weighted by Gasteiger charge is 2.48. The first-order chi connectivity index (χ1) is 10.7. The van der Waals surface area contributed by atoms with Crippen LogP contribution in [0.1, 0.15) is 34.8 Å². The summed E-state index contributed by atoms with van der Waals surface area (Å²) < 4.78 is 46.8. The van der Waals surface area contributed by atoms with Crippen LogP contribution in [0.5, 0.6) is 0 Å². The predicted molar refractivity (Wildman–Crippen MR) is 80.9 cm³/mol. The lowest BCUT2D eigenvalue weighted by molar-refractivity contribution is -0.174. The van der Waals surface area contributed by atoms with Crippen molar-refractivity contribution in [2.24, 2.45) is 5.73 Å². The maximum atomic E-state index is 13.4. The van der Waals surface area contributed by atoms with E-state index in [9.17, 15) is 18.0 Å². The van der Waals surface area contributed by atoms with Gasteiger partial charge in [0.1, 0.15) is 11.6 Å². The highest BCUT2D eigenvalue weighted by atomic mass is 79.9. The molecule has 2 aromatic heterocycles. The van der Waals surface area contributed by atoms with E-state index >= 15 is 0 Å². The van der Waals surface area contributed by atoms with Gasteiger partial charge in [0.05, 0.1) is 10.5 Å². The first-order valence-electron chi connectivity index (χ1n) is 6.34. The van der Waals surface area contributed by atoms with Crippen LogP contribution in [-0.2, 0) is 0 Å². The molecule has 2 atom stereocenters. The number of halogens is 5. The van der Waals surface area contributed by atoms with Gasteiger partial charge in [0, 0.05) is 6.42 Å². The minimum absolute atomic E-state index is 0.0323. The molecule has 3 rings (SSSR count). The summed E-state index contributed by atoms with van der Waals surface area (Å²) >= 11 is 6.20. The highest BCUT2D eigenvalue weighted by molar-refractivity contribution is 9.10. The van der Waals surface area contributed by atoms with Crippen LogP contribution in [0.15, 0.2) is 25.7 Å². The summed E-state index contributed by atoms with van der Waals surface area (Å²) in [6.07, 6.45) is -4.87. The van der Waals surface area contributed by atoms with Crippen molar-refractivity contribution in [3.05, 3.63) is 32.7 Å². The molecular formula is C12H9Br2F3N4O2. The summed E-state index contributed by atoms with van der Waals surface area (Å²) in [5.41, 5.74) is 4.89. The molecule has 11 heteroatoms. The molecule has 0 aromatic carbocycles. The van der Waals surface area contributed by atoms with Crippen LogP contribution in [0.25, 0.3) is 0 Å². The van der Waals surface area contributed by atoms with Crippen molar-refractivity contribution < 1.29 is 22.4 Å². The summed E-state index contributed by atoms with van der Waals surface area (Å²) in [6, 6.07) is 0.533. The molecule has 1 aliphatic rings. The second-order valence-electron chi connectivity index (χ2n) is 4.95. The number of aromatic nitrogens is 2. The van der Waals surface area contributed by atoms with E-state index in [4.69, 9.17) is 10.2 Å². The minimum Gasteiger partial charge on any atom is -0.452 e. The number of fused-ring (bicyclic) bond motifs is 1. The van der Waals surface area contributed by atoms with E-state index < -0.39 is 24.2 Å². The molecule has 3 N–H and O–H groups in total. The number of nitrogens with one attached hydrogen (secondary N) is 1. The number of nitrogens with zero attached hydrogens (tertiary/aromatic N) is 2. The topological polar surface area (TPSA) is 86.1 Å². The second kappa shape index (κ2) is 5.55. The highest BCUT2D eigenvalue weighted by Crippen LogP contribution is 2.46. The molecule has 0 saturated carbocycles. The lowest BCUT2D eigenvalue weighted by Crippen LogP contribution is -2.35. The number of carbonyl (C=O) groups excluding carboxylic acids is 1. The third kappa shape index (κ3) is 2.87. The summed E-state index contributed by atoms with van der Waals surface area (Å²) in [7, 11) is 0. The molecule has 0 spiro atoms. The number of furan rings is 1. The normalized spacial score (nSPS) is 20.9. The standard InChI is InChI=1S/C12H9Br2F3N4O2/c13-7-2-1-5(23-7)4-3-6(12(15,16)17)21-11(19-4)8(14)9(20-21)10(18)22/h1-2,4,6,19H,3H2,(H2,18,22)/t4-,6-/m0/s1. The fourth-order valence-corrected chi connectivity index (χ4v) is 3.34. The number of amides is 1. The predicted octanol–water partition coefficient (Wildman–Crippen LogP) is 3.76. The van der Waals surface area contributed by atoms with Gasteiger partial charge in [-0.15, -0.1) is 0 Å². The molecule has 0 unspecified atom stereocenters. The number of hydrogen-bond donors (Lipinski definition) is 2. The van der Waals surface area contributed by atoms with Crippen LogP contribution < -0.4 is 11.1 Å². The van der Waals surface area contributed by atoms with Gasteiger partial charge in [-0.05, 0) is 44.0 Å². The number of primary amides is 1. The first kappa shape index (κ1) is 16.4. The van der Waals surface area contributed by atoms with Crippen LogP contribution >= 0.6 is 31.9 Å². The zero-order chi connectivity index (χ0) is 16.9. The van der Waals surface area contributed by atoms with Gasteiger partial charge >= 0.3 is 6.18 Å². The lowest BCUT2D eigenvalue weighted by Gasteiger charge is -2.32. The molecule has 23 heavy (non-hydrogen) atoms. The Balaban J connectivity index is 2.09. The van der Waals surface area contributed by atoms with Crippen LogP contribution in [0, 0.1) is 0 Å². The molecule has 0 fully saturated rings. The molecule has 2 aromatic rings. The van der Waals surface area contributed by atoms with Crippen molar-refractivity contribution >= 4 is 43.6 Å². The number of carbonyl (C=O) groups is 1. The van der Waals surface area contributed by atoms with E-state index in [1.54, 1.807) is 12.1 Å². The summed E-state index contributed by atoms with van der Waals surface area (Å²) in [5.74, 6) is -0.546. The van der Waals surface area contributed by atoms with Crippen LogP contribution in [-0.4, -0.2) is 21.9 Å². The van der Waals surface area contributed by atoms with Gasteiger partial charge in [-0.25, -0.2) is 4.68 Å². The third-order valence-electron chi connectivity index (χ3n) is 3.47. The third-order valence-corrected chi connectivity index (χ3v) is 4.64. The van der Waals surface area contributed by atoms with Crippen molar-refractivity contribution in [3.8, 4) is 0 Å². The molecule has 0 radical (unpaired) electrons. The van der Waals surface area contributed by atoms with E-state index in [-0.39, 0.29) is 22.4 Å². The Hall–Kier alpha value is -1.49. The van der Waals surface area contributed by atoms with Crippen molar-refractivity contribution in [1.82, 2.24) is 9.78 Å². The smallest absolute Gasteiger partial charge is 0.410 e. The van der Waals surface area contributed by atoms with Gasteiger partial charge in [0.25, 0.3) is 5.91 Å². The van der Waals surface area contributed by atoms with Crippen molar-refractivity contribution in [1.29, 1.82) is 0 Å². The van der Waals surface area contributed by atoms with Gasteiger partial charge in [0.2, 0.25) is 0 Å². The first-order valence-corrected chi connectivity index (χ1v) is 7.93. The van der Waals surface area contributed by atoms with E-state index in [1.807, 2.05) is 0 Å². The molecule has 6 nitrogen and oxygen atoms in total. The molecule has 3 heterocycles. The SMILES string of the molecule is NC(=O)c1nn2c(c1Br)N[C@H](c1ccc(Br)o1)C[C@H]2C(F)(F)F. The molecule has 0 saturated heterocycles. The molecule has 1 amide bonds. The van der Waals surface area contributed by atoms with Crippen molar-refractivity contribution in [2.45, 2.75) is 24.7 Å². The average molecular weight is 458 g/mol. The molecule has 1 aliphatic heterocycles. The van der Waals surface area contributed by atoms with Gasteiger partial charge < -0.3 is 15.5 Å². The van der Waals surface area contributed by atoms with E-state index in [0.717, 1.165) is 4.68 Å². The number of hydrogen-bond acceptors (Lipinski definition) is 4. The van der Waals surface area contributed by atoms with E-state index in [2.05, 4.69) is 42.3 Å². The minimum atomic E-state index is -4.54. The molecule has 0 aliphatic carbocycles. The second-order valence-corrected chi connectivity index (χ2v) is 6.53. The van der Waals surface area contributed by atoms with Crippen LogP contribution in [0.4, 0.5) is 19.0 Å². The Kier molecular flexibility index (Phi) is 3.95. The van der Waals surface area contributed by atoms with Gasteiger partial charge in [-0.3, -0.25) is 4.79 Å². The summed E-state index contributed by atoms with van der Waals surface area (Å²) in [5, 5.41) is 6.61. The lowest BCUT2D eigenvalue weighted by atomic mass is 10.0. The average Bonchev–Trinajstić information content (AvgIpc) is 3.01. The zero-order valence-corrected chi connectivity index (χ0v) is 14.4. The molecule has 124 valence electrons. The molecular weight excluding hydrogens is 449 g/mol. The number of alkyl halides is 3. The number of anilines is 1. The van der Waals surface area contributed by atoms with Gasteiger partial charge in [-0.2, -0.15) is 18.3 Å². The Labute approximate surface area is 144 Å². The maximum Gasteiger partial charge on any atom is 0.410 e. The summed E-state index contributed by atoms with van der Waals surface area (Å²) in [6.45, 7) is 0. The van der Waals surface area contributed by atoms with Crippen molar-refractivity contribution in [3.63, 3.8) is 0 Å². The van der Waals surface area contributed by atoms with Gasteiger partial charge in [-0.1, -0.05) is 0 Å². The zero-order valence-electron chi connectivity index (χ0n) is 11.2.